The number of pyridine rings is 1. The molecule has 0 radical (unpaired) electrons. The second-order valence-electron chi connectivity index (χ2n) is 10.5. The van der Waals surface area contributed by atoms with Crippen LogP contribution in [0.1, 0.15) is 31.9 Å². The van der Waals surface area contributed by atoms with Crippen LogP contribution in [0, 0.1) is 0 Å². The topological polar surface area (TPSA) is 133 Å². The van der Waals surface area contributed by atoms with Gasteiger partial charge in [-0.25, -0.2) is 13.2 Å². The number of nitrogens with one attached hydrogen (secondary N) is 2. The minimum absolute atomic E-state index is 0.0720. The van der Waals surface area contributed by atoms with E-state index in [1.54, 1.807) is 45.2 Å². The Morgan fingerprint density at radius 2 is 1.70 bits per heavy atom. The number of anilines is 1. The molecule has 0 aliphatic carbocycles. The number of alkyl halides is 3. The van der Waals surface area contributed by atoms with Crippen molar-refractivity contribution in [1.29, 1.82) is 0 Å². The minimum atomic E-state index is -5.49. The van der Waals surface area contributed by atoms with Crippen LogP contribution in [0.25, 0.3) is 10.8 Å². The summed E-state index contributed by atoms with van der Waals surface area (Å²) in [7, 11) is -3.74. The van der Waals surface area contributed by atoms with Gasteiger partial charge in [0.05, 0.1) is 17.6 Å². The first kappa shape index (κ1) is 34.0. The Labute approximate surface area is 263 Å². The largest absolute Gasteiger partial charge is 0.491 e. The Balaban J connectivity index is 1.91. The molecule has 46 heavy (non-hydrogen) atoms. The number of ether oxygens (including phenoxy) is 3. The van der Waals surface area contributed by atoms with E-state index in [4.69, 9.17) is 14.2 Å². The molecule has 1 atom stereocenters. The Hall–Kier alpha value is -4.85. The predicted octanol–water partition coefficient (Wildman–Crippen LogP) is 5.51. The van der Waals surface area contributed by atoms with E-state index in [1.165, 1.54) is 54.7 Å². The van der Waals surface area contributed by atoms with Crippen LogP contribution >= 0.6 is 0 Å². The molecular formula is C32H32F3N3O7S. The molecule has 0 spiro atoms. The molecule has 1 aromatic heterocycles. The molecule has 0 saturated heterocycles. The molecule has 1 amide bonds. The number of halogens is 3. The average molecular weight is 660 g/mol. The lowest BCUT2D eigenvalue weighted by Gasteiger charge is -2.35. The van der Waals surface area contributed by atoms with Gasteiger partial charge in [-0.05, 0) is 74.2 Å². The molecule has 1 unspecified atom stereocenters. The maximum absolute atomic E-state index is 14.2. The maximum atomic E-state index is 14.2. The van der Waals surface area contributed by atoms with Crippen LogP contribution in [0.5, 0.6) is 11.5 Å². The van der Waals surface area contributed by atoms with E-state index < -0.39 is 40.2 Å². The quantitative estimate of drug-likeness (QED) is 0.149. The van der Waals surface area contributed by atoms with Gasteiger partial charge in [0.15, 0.2) is 21.3 Å². The van der Waals surface area contributed by atoms with Gasteiger partial charge in [-0.3, -0.25) is 9.78 Å². The molecule has 0 bridgehead atoms. The lowest BCUT2D eigenvalue weighted by Crippen LogP contribution is -2.54. The summed E-state index contributed by atoms with van der Waals surface area (Å²) in [5, 5.41) is 6.51. The molecule has 0 fully saturated rings. The van der Waals surface area contributed by atoms with Gasteiger partial charge in [0.2, 0.25) is 0 Å². The average Bonchev–Trinajstić information content (AvgIpc) is 2.99. The summed E-state index contributed by atoms with van der Waals surface area (Å²) in [5.41, 5.74) is -2.83. The number of fused-ring (bicyclic) bond motifs is 1. The van der Waals surface area contributed by atoms with Crippen molar-refractivity contribution < 1.29 is 45.4 Å². The number of nitrogens with zero attached hydrogens (tertiary/aromatic N) is 1. The van der Waals surface area contributed by atoms with Crippen molar-refractivity contribution in [2.75, 3.05) is 18.2 Å². The monoisotopic (exact) mass is 659 g/mol. The summed E-state index contributed by atoms with van der Waals surface area (Å²) in [4.78, 5) is 30.7. The summed E-state index contributed by atoms with van der Waals surface area (Å²) < 4.78 is 82.7. The van der Waals surface area contributed by atoms with Crippen LogP contribution in [-0.4, -0.2) is 50.4 Å². The summed E-state index contributed by atoms with van der Waals surface area (Å²) in [5.74, 6) is -3.58. The number of esters is 1. The molecule has 1 heterocycles. The summed E-state index contributed by atoms with van der Waals surface area (Å²) in [6, 6.07) is 16.0. The number of rotatable bonds is 12. The van der Waals surface area contributed by atoms with Crippen molar-refractivity contribution in [1.82, 2.24) is 10.3 Å². The number of sulfone groups is 1. The SMILES string of the molecule is CCOc1cc(C(Nc2ccc3cnccc3c2)(OC(=O)C(F)(F)F)C(=O)NCc2ccccc2S(C)(=O)=O)ccc1OC(C)C. The van der Waals surface area contributed by atoms with Crippen molar-refractivity contribution in [3.63, 3.8) is 0 Å². The Bertz CT molecular complexity index is 1850. The third-order valence-electron chi connectivity index (χ3n) is 6.58. The zero-order valence-electron chi connectivity index (χ0n) is 25.3. The number of aromatic nitrogens is 1. The number of hydrogen-bond donors (Lipinski definition) is 2. The number of carbonyl (C=O) groups excluding carboxylic acids is 2. The lowest BCUT2D eigenvalue weighted by atomic mass is 9.99. The third kappa shape index (κ3) is 7.86. The molecule has 244 valence electrons. The number of carbonyl (C=O) groups is 2. The van der Waals surface area contributed by atoms with Crippen molar-refractivity contribution in [2.24, 2.45) is 0 Å². The molecule has 0 saturated carbocycles. The lowest BCUT2D eigenvalue weighted by molar-refractivity contribution is -0.213. The van der Waals surface area contributed by atoms with E-state index in [1.807, 2.05) is 0 Å². The second-order valence-corrected chi connectivity index (χ2v) is 12.4. The molecule has 4 aromatic rings. The fraction of sp³-hybridized carbons (Fsp3) is 0.281. The highest BCUT2D eigenvalue weighted by Gasteiger charge is 2.52. The van der Waals surface area contributed by atoms with Crippen LogP contribution < -0.4 is 20.1 Å². The minimum Gasteiger partial charge on any atom is -0.490 e. The van der Waals surface area contributed by atoms with E-state index in [0.29, 0.717) is 10.8 Å². The highest BCUT2D eigenvalue weighted by atomic mass is 32.2. The van der Waals surface area contributed by atoms with Crippen molar-refractivity contribution in [2.45, 2.75) is 50.2 Å². The predicted molar refractivity (Wildman–Crippen MR) is 164 cm³/mol. The zero-order chi connectivity index (χ0) is 33.7. The summed E-state index contributed by atoms with van der Waals surface area (Å²) in [6.45, 7) is 4.89. The fourth-order valence-electron chi connectivity index (χ4n) is 4.61. The van der Waals surface area contributed by atoms with Crippen molar-refractivity contribution in [3.05, 3.63) is 90.3 Å². The molecule has 4 rings (SSSR count). The highest BCUT2D eigenvalue weighted by molar-refractivity contribution is 7.90. The maximum Gasteiger partial charge on any atom is 0.491 e. The van der Waals surface area contributed by atoms with Crippen LogP contribution in [0.3, 0.4) is 0 Å². The van der Waals surface area contributed by atoms with Crippen molar-refractivity contribution >= 4 is 38.2 Å². The van der Waals surface area contributed by atoms with Gasteiger partial charge >= 0.3 is 12.1 Å². The number of benzene rings is 3. The second kappa shape index (κ2) is 13.6. The summed E-state index contributed by atoms with van der Waals surface area (Å²) in [6.07, 6.45) is -1.73. The fourth-order valence-corrected chi connectivity index (χ4v) is 5.55. The molecule has 14 heteroatoms. The zero-order valence-corrected chi connectivity index (χ0v) is 26.2. The molecular weight excluding hydrogens is 627 g/mol. The van der Waals surface area contributed by atoms with E-state index >= 15 is 0 Å². The van der Waals surface area contributed by atoms with Gasteiger partial charge in [-0.15, -0.1) is 0 Å². The van der Waals surface area contributed by atoms with Gasteiger partial charge in [-0.1, -0.05) is 24.3 Å². The molecule has 0 aliphatic heterocycles. The Kier molecular flexibility index (Phi) is 10.1. The number of amides is 1. The normalized spacial score (nSPS) is 13.1. The summed E-state index contributed by atoms with van der Waals surface area (Å²) >= 11 is 0. The third-order valence-corrected chi connectivity index (χ3v) is 7.78. The molecule has 10 nitrogen and oxygen atoms in total. The van der Waals surface area contributed by atoms with Gasteiger partial charge < -0.3 is 24.8 Å². The van der Waals surface area contributed by atoms with E-state index in [0.717, 1.165) is 6.26 Å². The van der Waals surface area contributed by atoms with Crippen molar-refractivity contribution in [3.8, 4) is 11.5 Å². The van der Waals surface area contributed by atoms with Gasteiger partial charge in [0.1, 0.15) is 0 Å². The van der Waals surface area contributed by atoms with E-state index in [9.17, 15) is 31.2 Å². The van der Waals surface area contributed by atoms with Crippen LogP contribution in [0.15, 0.2) is 84.0 Å². The van der Waals surface area contributed by atoms with Gasteiger partial charge in [0, 0.05) is 41.8 Å². The van der Waals surface area contributed by atoms with E-state index in [-0.39, 0.29) is 45.9 Å². The van der Waals surface area contributed by atoms with E-state index in [2.05, 4.69) is 15.6 Å². The highest BCUT2D eigenvalue weighted by Crippen LogP contribution is 2.38. The smallest absolute Gasteiger partial charge is 0.490 e. The standard InChI is InChI=1S/C32H32F3N3O7S/c1-5-43-27-17-24(11-13-26(27)44-20(2)3)31(45-30(40)32(33,34)35,38-25-12-10-22-18-36-15-14-21(22)16-25)29(39)37-19-23-8-6-7-9-28(23)46(4,41)42/h6-18,20,38H,5,19H2,1-4H3,(H,37,39). The van der Waals surface area contributed by atoms with Crippen LogP contribution in [0.2, 0.25) is 0 Å². The van der Waals surface area contributed by atoms with Gasteiger partial charge in [-0.2, -0.15) is 13.2 Å². The Morgan fingerprint density at radius 1 is 0.957 bits per heavy atom. The molecule has 3 aromatic carbocycles. The number of hydrogen-bond acceptors (Lipinski definition) is 9. The molecule has 0 aliphatic rings. The Morgan fingerprint density at radius 3 is 2.37 bits per heavy atom. The van der Waals surface area contributed by atoms with Crippen LogP contribution in [-0.2, 0) is 36.4 Å². The first-order valence-corrected chi connectivity index (χ1v) is 16.0. The van der Waals surface area contributed by atoms with Crippen LogP contribution in [0.4, 0.5) is 18.9 Å². The molecule has 2 N–H and O–H groups in total. The van der Waals surface area contributed by atoms with Gasteiger partial charge in [0.25, 0.3) is 11.6 Å². The first-order valence-electron chi connectivity index (χ1n) is 14.1. The first-order chi connectivity index (χ1) is 21.6.